The number of unbranched alkanes of at least 4 members (excludes halogenated alkanes) is 2. The molecule has 0 bridgehead atoms. The Morgan fingerprint density at radius 2 is 0.562 bits per heavy atom. The van der Waals surface area contributed by atoms with Gasteiger partial charge in [-0.05, 0) is 146 Å². The van der Waals surface area contributed by atoms with E-state index >= 15 is 0 Å². The molecule has 0 radical (unpaired) electrons. The van der Waals surface area contributed by atoms with Crippen LogP contribution in [0.25, 0.3) is 0 Å². The lowest BCUT2D eigenvalue weighted by Gasteiger charge is -2.31. The van der Waals surface area contributed by atoms with Gasteiger partial charge in [0.2, 0.25) is 82.7 Å². The molecule has 50 nitrogen and oxygen atoms in total. The lowest BCUT2D eigenvalue weighted by atomic mass is 9.94. The Morgan fingerprint density at radius 1 is 0.297 bits per heavy atom. The van der Waals surface area contributed by atoms with Crippen molar-refractivity contribution >= 4 is 130 Å². The van der Waals surface area contributed by atoms with Gasteiger partial charge in [0, 0.05) is 45.2 Å². The van der Waals surface area contributed by atoms with Crippen LogP contribution in [0.1, 0.15) is 210 Å². The molecule has 0 saturated carbocycles. The molecule has 0 saturated heterocycles. The van der Waals surface area contributed by atoms with Crippen LogP contribution in [-0.4, -0.2) is 290 Å². The minimum Gasteiger partial charge on any atom is -0.481 e. The van der Waals surface area contributed by atoms with Crippen molar-refractivity contribution in [1.82, 2.24) is 74.4 Å². The van der Waals surface area contributed by atoms with Crippen molar-refractivity contribution < 1.29 is 132 Å². The molecule has 35 N–H and O–H groups in total. The minimum absolute atomic E-state index is 0.00858. The number of nitrogens with two attached hydrogens (primary N) is 7. The first-order valence-corrected chi connectivity index (χ1v) is 42.4. The van der Waals surface area contributed by atoms with Crippen molar-refractivity contribution in [2.75, 3.05) is 32.8 Å². The zero-order valence-corrected chi connectivity index (χ0v) is 74.0. The molecule has 0 aromatic carbocycles. The van der Waals surface area contributed by atoms with Gasteiger partial charge in [0.15, 0.2) is 11.9 Å². The number of carboxylic acids is 6. The normalized spacial score (nSPS) is 15.1. The highest BCUT2D eigenvalue weighted by Gasteiger charge is 2.40. The number of nitrogens with zero attached hydrogens (tertiary/aromatic N) is 2. The topological polar surface area (TPSA) is 858 Å². The van der Waals surface area contributed by atoms with Crippen LogP contribution in [0.4, 0.5) is 0 Å². The summed E-state index contributed by atoms with van der Waals surface area (Å²) in [6, 6.07) is -24.7. The number of carbonyl (C=O) groups is 20. The number of aliphatic hydroxyl groups excluding tert-OH is 1. The molecule has 0 aromatic rings. The molecule has 0 aliphatic carbocycles. The zero-order valence-electron chi connectivity index (χ0n) is 74.0. The maximum absolute atomic E-state index is 14.6. The fraction of sp³-hybridized carbons (Fsp3) is 0.718. The van der Waals surface area contributed by atoms with Crippen molar-refractivity contribution in [3.05, 3.63) is 0 Å². The molecule has 0 aliphatic heterocycles. The van der Waals surface area contributed by atoms with Gasteiger partial charge in [-0.2, -0.15) is 0 Å². The first-order chi connectivity index (χ1) is 60.0. The van der Waals surface area contributed by atoms with E-state index in [9.17, 15) is 127 Å². The van der Waals surface area contributed by atoms with Crippen molar-refractivity contribution in [3.8, 4) is 0 Å². The second kappa shape index (κ2) is 62.0. The maximum Gasteiger partial charge on any atom is 0.326 e. The number of carbonyl (C=O) groups excluding carboxylic acids is 14. The van der Waals surface area contributed by atoms with E-state index in [-0.39, 0.29) is 102 Å². The van der Waals surface area contributed by atoms with E-state index in [1.807, 2.05) is 0 Å². The van der Waals surface area contributed by atoms with Gasteiger partial charge in [-0.15, -0.1) is 0 Å². The van der Waals surface area contributed by atoms with E-state index in [0.29, 0.717) is 19.3 Å². The van der Waals surface area contributed by atoms with Crippen LogP contribution >= 0.6 is 0 Å². The fourth-order valence-electron chi connectivity index (χ4n) is 12.3. The minimum atomic E-state index is -1.98. The van der Waals surface area contributed by atoms with E-state index in [2.05, 4.69) is 84.4 Å². The third-order valence-corrected chi connectivity index (χ3v) is 20.2. The summed E-state index contributed by atoms with van der Waals surface area (Å²) in [5.74, 6) is -27.3. The molecule has 0 heterocycles. The van der Waals surface area contributed by atoms with Gasteiger partial charge >= 0.3 is 35.8 Å². The quantitative estimate of drug-likeness (QED) is 0.0153. The molecule has 726 valence electrons. The fourth-order valence-corrected chi connectivity index (χ4v) is 12.3. The number of hydrogen-bond acceptors (Lipinski definition) is 26. The lowest BCUT2D eigenvalue weighted by molar-refractivity contribution is -0.143. The Morgan fingerprint density at radius 3 is 0.891 bits per heavy atom. The van der Waals surface area contributed by atoms with Crippen molar-refractivity contribution in [2.45, 2.75) is 301 Å². The monoisotopic (exact) mass is 1830 g/mol. The molecule has 14 amide bonds. The number of amides is 14. The second-order valence-electron chi connectivity index (χ2n) is 31.7. The average molecular weight is 1830 g/mol. The Hall–Kier alpha value is -12.2. The molecule has 128 heavy (non-hydrogen) atoms. The summed E-state index contributed by atoms with van der Waals surface area (Å²) in [4.78, 5) is 277. The van der Waals surface area contributed by atoms with Crippen LogP contribution < -0.4 is 115 Å². The molecular weight excluding hydrogens is 1690 g/mol. The number of hydrogen-bond donors (Lipinski definition) is 28. The second-order valence-corrected chi connectivity index (χ2v) is 31.7. The third kappa shape index (κ3) is 47.4. The van der Waals surface area contributed by atoms with Crippen molar-refractivity contribution in [1.29, 1.82) is 0 Å². The molecule has 0 spiro atoms. The molecular formula is C78H137N23O27. The van der Waals surface area contributed by atoms with Crippen LogP contribution in [0, 0.1) is 23.7 Å². The van der Waals surface area contributed by atoms with E-state index in [1.54, 1.807) is 41.5 Å². The predicted octanol–water partition coefficient (Wildman–Crippen LogP) is -7.32. The molecule has 0 unspecified atom stereocenters. The summed E-state index contributed by atoms with van der Waals surface area (Å²) < 4.78 is 0. The smallest absolute Gasteiger partial charge is 0.326 e. The highest BCUT2D eigenvalue weighted by molar-refractivity contribution is 6.01. The van der Waals surface area contributed by atoms with Crippen molar-refractivity contribution in [3.63, 3.8) is 0 Å². The highest BCUT2D eigenvalue weighted by atomic mass is 16.4. The van der Waals surface area contributed by atoms with Gasteiger partial charge in [0.05, 0.1) is 12.6 Å². The number of aliphatic carboxylic acids is 6. The summed E-state index contributed by atoms with van der Waals surface area (Å²) in [5, 5.41) is 102. The Labute approximate surface area is 740 Å². The standard InChI is InChI=1S/C78H137N23O27/c1-10-40(7)60(101-75(126)61(41(8)11-2)100-70(121)45(19-13-15-33-80)90-63(114)43(81)22-27-54(103)104)74(125)88-42(9)62(113)89-47(23-28-55(105)106)65(116)91-44(18-12-14-32-79)64(115)93-49(25-30-57(109)110)67(118)94-48(24-29-56(107)108)66(117)92-46(20-16-34-86-77(82)83)69(120)99-59(39(5)6)73(124)98-53(37-102)72(123)95-50(26-31-58(111)112)68(119)97-52(36-38(3)4)71(122)96-51(76(127)128)21-17-35-87-78(84)85/h38-53,59-61,102H,10-37,79-81H2,1-9H3,(H,88,125)(H,89,113)(H,90,114)(H,91,116)(H,92,117)(H,93,115)(H,94,118)(H,95,123)(H,96,122)(H,97,119)(H,98,124)(H,99,120)(H,100,121)(H,101,126)(H,103,104)(H,105,106)(H,107,108)(H,109,110)(H,111,112)(H,127,128)(H4,82,83,86)(H4,84,85,87)/t40-,41-,42-,43-,44-,45-,46-,47-,48-,49-,50-,51-,52-,53-,59-,60-,61-/m0/s1. The average Bonchev–Trinajstić information content (AvgIpc) is 0.840. The maximum atomic E-state index is 14.6. The van der Waals surface area contributed by atoms with Crippen LogP contribution in [0.15, 0.2) is 9.98 Å². The molecule has 17 atom stereocenters. The van der Waals surface area contributed by atoms with E-state index in [0.717, 1.165) is 0 Å². The third-order valence-electron chi connectivity index (χ3n) is 20.2. The van der Waals surface area contributed by atoms with Crippen LogP contribution in [-0.2, 0) is 95.9 Å². The molecule has 0 aromatic heterocycles. The summed E-state index contributed by atoms with van der Waals surface area (Å²) in [7, 11) is 0. The molecule has 0 rings (SSSR count). The predicted molar refractivity (Wildman–Crippen MR) is 459 cm³/mol. The highest BCUT2D eigenvalue weighted by Crippen LogP contribution is 2.18. The first kappa shape index (κ1) is 116. The SMILES string of the molecule is CC[C@H](C)[C@H](NC(=O)[C@H](CCCCN)NC(=O)[C@@H](N)CCC(=O)O)C(=O)N[C@H](C(=O)N[C@@H](C)C(=O)N[C@@H](CCC(=O)O)C(=O)N[C@@H](CCCCN)C(=O)N[C@@H](CCC(=O)O)C(=O)N[C@@H](CCC(=O)O)C(=O)N[C@@H](CCCN=C(N)N)C(=O)N[C@H](C(=O)N[C@@H](CO)C(=O)N[C@@H](CCC(=O)O)C(=O)N[C@@H](CC(C)C)C(=O)N[C@@H](CCCN=C(N)N)C(=O)O)C(C)C)[C@@H](C)CC. The van der Waals surface area contributed by atoms with E-state index in [1.165, 1.54) is 20.8 Å². The van der Waals surface area contributed by atoms with E-state index < -0.39 is 304 Å². The van der Waals surface area contributed by atoms with Gasteiger partial charge < -0.3 is 150 Å². The van der Waals surface area contributed by atoms with E-state index in [4.69, 9.17) is 45.2 Å². The summed E-state index contributed by atoms with van der Waals surface area (Å²) in [5.41, 5.74) is 39.1. The number of guanidine groups is 2. The van der Waals surface area contributed by atoms with Gasteiger partial charge in [-0.3, -0.25) is 101 Å². The van der Waals surface area contributed by atoms with Crippen LogP contribution in [0.2, 0.25) is 0 Å². The Kier molecular flexibility index (Phi) is 56.1. The Bertz CT molecular complexity index is 3770. The number of carboxylic acid groups (broad SMARTS) is 6. The number of aliphatic imine (C=N–C) groups is 2. The van der Waals surface area contributed by atoms with Gasteiger partial charge in [0.1, 0.15) is 84.6 Å². The summed E-state index contributed by atoms with van der Waals surface area (Å²) >= 11 is 0. The number of aliphatic hydroxyl groups is 1. The molecule has 0 aliphatic rings. The summed E-state index contributed by atoms with van der Waals surface area (Å²) in [6.45, 7) is 12.8. The molecule has 50 heteroatoms. The van der Waals surface area contributed by atoms with Gasteiger partial charge in [-0.25, -0.2) is 4.79 Å². The number of nitrogens with one attached hydrogen (secondary N) is 14. The first-order valence-electron chi connectivity index (χ1n) is 42.4. The number of rotatable bonds is 68. The van der Waals surface area contributed by atoms with Gasteiger partial charge in [0.25, 0.3) is 0 Å². The van der Waals surface area contributed by atoms with Gasteiger partial charge in [-0.1, -0.05) is 68.2 Å². The summed E-state index contributed by atoms with van der Waals surface area (Å²) in [6.07, 6.45) is -6.30. The van der Waals surface area contributed by atoms with Crippen LogP contribution in [0.3, 0.4) is 0 Å². The zero-order chi connectivity index (χ0) is 97.8. The van der Waals surface area contributed by atoms with Crippen molar-refractivity contribution in [2.24, 2.45) is 73.8 Å². The molecule has 0 fully saturated rings. The lowest BCUT2D eigenvalue weighted by Crippen LogP contribution is -2.62. The largest absolute Gasteiger partial charge is 0.481 e. The van der Waals surface area contributed by atoms with Crippen LogP contribution in [0.5, 0.6) is 0 Å². The Balaban J connectivity index is 7.35.